The van der Waals surface area contributed by atoms with E-state index in [0.717, 1.165) is 10.1 Å². The van der Waals surface area contributed by atoms with Gasteiger partial charge in [-0.2, -0.15) is 4.98 Å². The highest BCUT2D eigenvalue weighted by molar-refractivity contribution is 6.30. The molecule has 27 heavy (non-hydrogen) atoms. The van der Waals surface area contributed by atoms with Crippen molar-refractivity contribution < 1.29 is 4.79 Å². The molecular formula is C17H17Cl2N5O3. The zero-order valence-electron chi connectivity index (χ0n) is 14.9. The number of carbonyl (C=O) groups is 1. The molecule has 0 radical (unpaired) electrons. The molecule has 10 heteroatoms. The Bertz CT molecular complexity index is 1140. The van der Waals surface area contributed by atoms with E-state index in [1.807, 2.05) is 12.1 Å². The van der Waals surface area contributed by atoms with Crippen molar-refractivity contribution >= 4 is 40.3 Å². The highest BCUT2D eigenvalue weighted by Crippen LogP contribution is 2.16. The van der Waals surface area contributed by atoms with E-state index in [0.29, 0.717) is 11.6 Å². The molecule has 3 rings (SSSR count). The van der Waals surface area contributed by atoms with E-state index < -0.39 is 11.2 Å². The number of rotatable bonds is 4. The van der Waals surface area contributed by atoms with Crippen molar-refractivity contribution in [2.45, 2.75) is 13.1 Å². The Morgan fingerprint density at radius 2 is 1.74 bits per heavy atom. The van der Waals surface area contributed by atoms with Crippen LogP contribution in [0.3, 0.4) is 0 Å². The van der Waals surface area contributed by atoms with Gasteiger partial charge in [0.1, 0.15) is 6.54 Å². The van der Waals surface area contributed by atoms with Crippen molar-refractivity contribution in [2.75, 3.05) is 7.05 Å². The molecule has 0 fully saturated rings. The number of nitrogens with zero attached hydrogens (tertiary/aromatic N) is 5. The van der Waals surface area contributed by atoms with Crippen molar-refractivity contribution in [3.05, 3.63) is 61.0 Å². The first kappa shape index (κ1) is 19.2. The average molecular weight is 410 g/mol. The minimum Gasteiger partial charge on any atom is -0.340 e. The highest BCUT2D eigenvalue weighted by atomic mass is 35.5. The molecule has 0 bridgehead atoms. The SMILES string of the molecule is CN(Cc1ccc(Cl)cc1)C(=O)Cn1c(Cl)nc2c1c(=O)n(C)c(=O)n2C. The Balaban J connectivity index is 1.93. The van der Waals surface area contributed by atoms with Crippen LogP contribution in [0.2, 0.25) is 10.3 Å². The number of imidazole rings is 1. The number of aromatic nitrogens is 4. The second-order valence-electron chi connectivity index (χ2n) is 6.22. The molecule has 2 heterocycles. The van der Waals surface area contributed by atoms with Crippen molar-refractivity contribution in [3.8, 4) is 0 Å². The van der Waals surface area contributed by atoms with Gasteiger partial charge in [-0.3, -0.25) is 23.3 Å². The van der Waals surface area contributed by atoms with Crippen LogP contribution in [0, 0.1) is 0 Å². The molecule has 0 aliphatic rings. The van der Waals surface area contributed by atoms with Gasteiger partial charge in [-0.05, 0) is 29.3 Å². The normalized spacial score (nSPS) is 11.1. The molecule has 3 aromatic rings. The molecule has 0 aliphatic heterocycles. The fourth-order valence-electron chi connectivity index (χ4n) is 2.77. The number of carbonyl (C=O) groups excluding carboxylic acids is 1. The number of halogens is 2. The fourth-order valence-corrected chi connectivity index (χ4v) is 3.12. The van der Waals surface area contributed by atoms with Crippen LogP contribution in [-0.2, 0) is 32.0 Å². The van der Waals surface area contributed by atoms with E-state index in [1.54, 1.807) is 19.2 Å². The predicted octanol–water partition coefficient (Wildman–Crippen LogP) is 1.40. The fraction of sp³-hybridized carbons (Fsp3) is 0.294. The van der Waals surface area contributed by atoms with Crippen LogP contribution >= 0.6 is 23.2 Å². The molecular weight excluding hydrogens is 393 g/mol. The number of benzene rings is 1. The van der Waals surface area contributed by atoms with Crippen molar-refractivity contribution in [1.82, 2.24) is 23.6 Å². The Hall–Kier alpha value is -2.58. The van der Waals surface area contributed by atoms with Gasteiger partial charge in [0.2, 0.25) is 11.2 Å². The molecule has 8 nitrogen and oxygen atoms in total. The summed E-state index contributed by atoms with van der Waals surface area (Å²) in [5.41, 5.74) is 0.0925. The second kappa shape index (κ2) is 7.21. The van der Waals surface area contributed by atoms with Crippen molar-refractivity contribution in [2.24, 2.45) is 14.1 Å². The Labute approximate surface area is 164 Å². The van der Waals surface area contributed by atoms with Gasteiger partial charge in [0, 0.05) is 32.7 Å². The Morgan fingerprint density at radius 1 is 1.11 bits per heavy atom. The quantitative estimate of drug-likeness (QED) is 0.609. The molecule has 0 spiro atoms. The van der Waals surface area contributed by atoms with Gasteiger partial charge in [0.15, 0.2) is 11.2 Å². The predicted molar refractivity (Wildman–Crippen MR) is 103 cm³/mol. The van der Waals surface area contributed by atoms with Gasteiger partial charge in [-0.25, -0.2) is 4.79 Å². The van der Waals surface area contributed by atoms with Crippen LogP contribution in [0.5, 0.6) is 0 Å². The lowest BCUT2D eigenvalue weighted by Crippen LogP contribution is -2.38. The van der Waals surface area contributed by atoms with E-state index in [4.69, 9.17) is 23.2 Å². The molecule has 142 valence electrons. The number of likely N-dealkylation sites (N-methyl/N-ethyl adjacent to an activating group) is 1. The summed E-state index contributed by atoms with van der Waals surface area (Å²) in [5.74, 6) is -0.262. The lowest BCUT2D eigenvalue weighted by molar-refractivity contribution is -0.131. The van der Waals surface area contributed by atoms with Gasteiger partial charge >= 0.3 is 5.69 Å². The zero-order valence-corrected chi connectivity index (χ0v) is 16.5. The van der Waals surface area contributed by atoms with Gasteiger partial charge in [-0.1, -0.05) is 23.7 Å². The molecule has 1 aromatic carbocycles. The van der Waals surface area contributed by atoms with E-state index >= 15 is 0 Å². The summed E-state index contributed by atoms with van der Waals surface area (Å²) >= 11 is 12.0. The van der Waals surface area contributed by atoms with Gasteiger partial charge in [0.25, 0.3) is 5.56 Å². The second-order valence-corrected chi connectivity index (χ2v) is 7.00. The third-order valence-corrected chi connectivity index (χ3v) is 4.89. The number of hydrogen-bond donors (Lipinski definition) is 0. The van der Waals surface area contributed by atoms with Gasteiger partial charge in [0.05, 0.1) is 0 Å². The summed E-state index contributed by atoms with van der Waals surface area (Å²) < 4.78 is 3.50. The lowest BCUT2D eigenvalue weighted by Gasteiger charge is -2.18. The summed E-state index contributed by atoms with van der Waals surface area (Å²) in [5, 5.41) is 0.586. The largest absolute Gasteiger partial charge is 0.340 e. The number of amides is 1. The molecule has 0 atom stereocenters. The molecule has 0 aliphatic carbocycles. The minimum absolute atomic E-state index is 0.0310. The summed E-state index contributed by atoms with van der Waals surface area (Å²) in [6.45, 7) is 0.198. The van der Waals surface area contributed by atoms with E-state index in [-0.39, 0.29) is 28.9 Å². The first-order valence-electron chi connectivity index (χ1n) is 8.01. The van der Waals surface area contributed by atoms with E-state index in [2.05, 4.69) is 4.98 Å². The summed E-state index contributed by atoms with van der Waals surface area (Å²) in [7, 11) is 4.51. The minimum atomic E-state index is -0.555. The number of fused-ring (bicyclic) bond motifs is 1. The van der Waals surface area contributed by atoms with Crippen LogP contribution in [0.4, 0.5) is 0 Å². The highest BCUT2D eigenvalue weighted by Gasteiger charge is 2.21. The molecule has 0 saturated carbocycles. The molecule has 0 N–H and O–H groups in total. The Morgan fingerprint density at radius 3 is 2.37 bits per heavy atom. The topological polar surface area (TPSA) is 82.1 Å². The molecule has 0 saturated heterocycles. The zero-order chi connectivity index (χ0) is 19.9. The maximum Gasteiger partial charge on any atom is 0.332 e. The van der Waals surface area contributed by atoms with Crippen LogP contribution in [0.15, 0.2) is 33.9 Å². The summed E-state index contributed by atoms with van der Waals surface area (Å²) in [6.07, 6.45) is 0. The first-order chi connectivity index (χ1) is 12.7. The van der Waals surface area contributed by atoms with Crippen LogP contribution < -0.4 is 11.2 Å². The molecule has 2 aromatic heterocycles. The third-order valence-electron chi connectivity index (χ3n) is 4.35. The molecule has 0 unspecified atom stereocenters. The van der Waals surface area contributed by atoms with Crippen LogP contribution in [-0.4, -0.2) is 36.5 Å². The smallest absolute Gasteiger partial charge is 0.332 e. The maximum absolute atomic E-state index is 12.6. The van der Waals surface area contributed by atoms with E-state index in [1.165, 1.54) is 28.1 Å². The van der Waals surface area contributed by atoms with Gasteiger partial charge in [-0.15, -0.1) is 0 Å². The summed E-state index contributed by atoms with van der Waals surface area (Å²) in [4.78, 5) is 42.8. The van der Waals surface area contributed by atoms with Crippen molar-refractivity contribution in [3.63, 3.8) is 0 Å². The third kappa shape index (κ3) is 3.50. The lowest BCUT2D eigenvalue weighted by atomic mass is 10.2. The van der Waals surface area contributed by atoms with Crippen LogP contribution in [0.1, 0.15) is 5.56 Å². The standard InChI is InChI=1S/C17H17Cl2N5O3/c1-21(8-10-4-6-11(18)7-5-10)12(25)9-24-13-14(20-16(24)19)22(2)17(27)23(3)15(13)26/h4-7H,8-9H2,1-3H3. The van der Waals surface area contributed by atoms with E-state index in [9.17, 15) is 14.4 Å². The van der Waals surface area contributed by atoms with Crippen LogP contribution in [0.25, 0.3) is 11.2 Å². The average Bonchev–Trinajstić information content (AvgIpc) is 2.96. The maximum atomic E-state index is 12.6. The number of hydrogen-bond acceptors (Lipinski definition) is 4. The first-order valence-corrected chi connectivity index (χ1v) is 8.76. The van der Waals surface area contributed by atoms with Gasteiger partial charge < -0.3 is 4.90 Å². The summed E-state index contributed by atoms with van der Waals surface area (Å²) in [6, 6.07) is 7.16. The molecule has 1 amide bonds. The Kier molecular flexibility index (Phi) is 5.12. The van der Waals surface area contributed by atoms with Crippen molar-refractivity contribution in [1.29, 1.82) is 0 Å². The number of aryl methyl sites for hydroxylation is 1. The monoisotopic (exact) mass is 409 g/mol.